The van der Waals surface area contributed by atoms with Gasteiger partial charge in [0.2, 0.25) is 0 Å². The van der Waals surface area contributed by atoms with Crippen LogP contribution in [0.5, 0.6) is 0 Å². The molecular weight excluding hydrogens is 244 g/mol. The largest absolute Gasteiger partial charge is 0.391 e. The Bertz CT molecular complexity index is 319. The second-order valence-electron chi connectivity index (χ2n) is 3.59. The molecule has 14 heavy (non-hydrogen) atoms. The molecule has 0 aromatic carbocycles. The van der Waals surface area contributed by atoms with E-state index in [2.05, 4.69) is 26.2 Å². The maximum Gasteiger partial charge on any atom is 0.127 e. The van der Waals surface area contributed by atoms with Gasteiger partial charge < -0.3 is 10.4 Å². The van der Waals surface area contributed by atoms with E-state index in [1.165, 1.54) is 0 Å². The van der Waals surface area contributed by atoms with Crippen LogP contribution in [-0.2, 0) is 0 Å². The van der Waals surface area contributed by atoms with Crippen LogP contribution in [0.2, 0.25) is 0 Å². The molecule has 4 heteroatoms. The van der Waals surface area contributed by atoms with Gasteiger partial charge in [0, 0.05) is 0 Å². The standard InChI is InChI=1S/C10H13BrN2O/c11-9-5-2-6-10(13-9)12-7-3-1-4-8(7)14/h2,5-8,14H,1,3-4H2,(H,12,13). The Labute approximate surface area is 91.7 Å². The molecule has 3 nitrogen and oxygen atoms in total. The first kappa shape index (κ1) is 9.93. The minimum atomic E-state index is -0.226. The molecule has 76 valence electrons. The lowest BCUT2D eigenvalue weighted by Crippen LogP contribution is -2.28. The molecule has 1 fully saturated rings. The number of nitrogens with one attached hydrogen (secondary N) is 1. The molecular formula is C10H13BrN2O. The minimum Gasteiger partial charge on any atom is -0.391 e. The van der Waals surface area contributed by atoms with Gasteiger partial charge in [0.25, 0.3) is 0 Å². The summed E-state index contributed by atoms with van der Waals surface area (Å²) < 4.78 is 0.815. The summed E-state index contributed by atoms with van der Waals surface area (Å²) in [6, 6.07) is 5.89. The van der Waals surface area contributed by atoms with Crippen LogP contribution in [0.25, 0.3) is 0 Å². The number of aromatic nitrogens is 1. The van der Waals surface area contributed by atoms with Gasteiger partial charge in [0.1, 0.15) is 10.4 Å². The summed E-state index contributed by atoms with van der Waals surface area (Å²) in [6.07, 6.45) is 2.78. The molecule has 0 aliphatic heterocycles. The third-order valence-electron chi connectivity index (χ3n) is 2.53. The van der Waals surface area contributed by atoms with Crippen LogP contribution in [0, 0.1) is 0 Å². The van der Waals surface area contributed by atoms with Gasteiger partial charge in [-0.3, -0.25) is 0 Å². The van der Waals surface area contributed by atoms with Crippen LogP contribution in [0.4, 0.5) is 5.82 Å². The van der Waals surface area contributed by atoms with Crippen molar-refractivity contribution in [1.29, 1.82) is 0 Å². The van der Waals surface area contributed by atoms with E-state index in [1.807, 2.05) is 18.2 Å². The number of pyridine rings is 1. The molecule has 2 unspecified atom stereocenters. The lowest BCUT2D eigenvalue weighted by atomic mass is 10.2. The van der Waals surface area contributed by atoms with Crippen molar-refractivity contribution in [3.63, 3.8) is 0 Å². The summed E-state index contributed by atoms with van der Waals surface area (Å²) >= 11 is 3.31. The molecule has 0 saturated heterocycles. The molecule has 2 rings (SSSR count). The Morgan fingerprint density at radius 1 is 1.43 bits per heavy atom. The van der Waals surface area contributed by atoms with Crippen molar-refractivity contribution < 1.29 is 5.11 Å². The van der Waals surface area contributed by atoms with E-state index in [-0.39, 0.29) is 12.1 Å². The average Bonchev–Trinajstić information content (AvgIpc) is 2.52. The second kappa shape index (κ2) is 4.28. The van der Waals surface area contributed by atoms with E-state index in [0.717, 1.165) is 29.7 Å². The molecule has 1 aliphatic carbocycles. The second-order valence-corrected chi connectivity index (χ2v) is 4.41. The summed E-state index contributed by atoms with van der Waals surface area (Å²) in [5.74, 6) is 0.824. The van der Waals surface area contributed by atoms with Gasteiger partial charge in [0.15, 0.2) is 0 Å². The molecule has 1 aromatic heterocycles. The Morgan fingerprint density at radius 2 is 2.29 bits per heavy atom. The van der Waals surface area contributed by atoms with Crippen LogP contribution in [0.3, 0.4) is 0 Å². The van der Waals surface area contributed by atoms with Gasteiger partial charge in [0.05, 0.1) is 12.1 Å². The zero-order valence-electron chi connectivity index (χ0n) is 7.78. The number of hydrogen-bond acceptors (Lipinski definition) is 3. The molecule has 1 aromatic rings. The average molecular weight is 257 g/mol. The third-order valence-corrected chi connectivity index (χ3v) is 2.97. The molecule has 0 amide bonds. The van der Waals surface area contributed by atoms with Gasteiger partial charge in [-0.2, -0.15) is 0 Å². The van der Waals surface area contributed by atoms with Gasteiger partial charge in [-0.05, 0) is 47.3 Å². The number of hydrogen-bond donors (Lipinski definition) is 2. The summed E-state index contributed by atoms with van der Waals surface area (Å²) in [7, 11) is 0. The van der Waals surface area contributed by atoms with E-state index in [1.54, 1.807) is 0 Å². The number of halogens is 1. The van der Waals surface area contributed by atoms with Crippen LogP contribution in [0.15, 0.2) is 22.8 Å². The molecule has 0 radical (unpaired) electrons. The highest BCUT2D eigenvalue weighted by Gasteiger charge is 2.24. The number of aliphatic hydroxyl groups excluding tert-OH is 1. The first-order valence-electron chi connectivity index (χ1n) is 4.83. The number of aliphatic hydroxyl groups is 1. The smallest absolute Gasteiger partial charge is 0.127 e. The van der Waals surface area contributed by atoms with Crippen molar-refractivity contribution in [3.8, 4) is 0 Å². The normalized spacial score (nSPS) is 26.4. The lowest BCUT2D eigenvalue weighted by Gasteiger charge is -2.16. The predicted molar refractivity (Wildman–Crippen MR) is 59.2 cm³/mol. The SMILES string of the molecule is OC1CCCC1Nc1cccc(Br)n1. The summed E-state index contributed by atoms with van der Waals surface area (Å²) in [6.45, 7) is 0. The van der Waals surface area contributed by atoms with Crippen molar-refractivity contribution in [2.45, 2.75) is 31.4 Å². The van der Waals surface area contributed by atoms with Crippen LogP contribution < -0.4 is 5.32 Å². The number of rotatable bonds is 2. The maximum atomic E-state index is 9.62. The highest BCUT2D eigenvalue weighted by atomic mass is 79.9. The highest BCUT2D eigenvalue weighted by molar-refractivity contribution is 9.10. The lowest BCUT2D eigenvalue weighted by molar-refractivity contribution is 0.171. The summed E-state index contributed by atoms with van der Waals surface area (Å²) in [5.41, 5.74) is 0. The first-order chi connectivity index (χ1) is 6.75. The molecule has 0 spiro atoms. The van der Waals surface area contributed by atoms with E-state index in [4.69, 9.17) is 0 Å². The van der Waals surface area contributed by atoms with Crippen molar-refractivity contribution in [3.05, 3.63) is 22.8 Å². The zero-order valence-corrected chi connectivity index (χ0v) is 9.37. The van der Waals surface area contributed by atoms with Crippen molar-refractivity contribution >= 4 is 21.7 Å². The molecule has 0 bridgehead atoms. The van der Waals surface area contributed by atoms with Crippen molar-refractivity contribution in [2.24, 2.45) is 0 Å². The fourth-order valence-electron chi connectivity index (χ4n) is 1.79. The van der Waals surface area contributed by atoms with Crippen LogP contribution in [-0.4, -0.2) is 22.2 Å². The molecule has 2 atom stereocenters. The summed E-state index contributed by atoms with van der Waals surface area (Å²) in [5, 5.41) is 12.9. The summed E-state index contributed by atoms with van der Waals surface area (Å²) in [4.78, 5) is 4.27. The molecule has 1 aliphatic rings. The molecule has 1 saturated carbocycles. The van der Waals surface area contributed by atoms with Gasteiger partial charge in [-0.1, -0.05) is 6.07 Å². The van der Waals surface area contributed by atoms with Gasteiger partial charge in [-0.25, -0.2) is 4.98 Å². The first-order valence-corrected chi connectivity index (χ1v) is 5.62. The number of anilines is 1. The Kier molecular flexibility index (Phi) is 3.03. The van der Waals surface area contributed by atoms with Gasteiger partial charge >= 0.3 is 0 Å². The zero-order chi connectivity index (χ0) is 9.97. The minimum absolute atomic E-state index is 0.164. The van der Waals surface area contributed by atoms with E-state index in [0.29, 0.717) is 0 Å². The Morgan fingerprint density at radius 3 is 2.93 bits per heavy atom. The monoisotopic (exact) mass is 256 g/mol. The quantitative estimate of drug-likeness (QED) is 0.798. The Hall–Kier alpha value is -0.610. The van der Waals surface area contributed by atoms with Gasteiger partial charge in [-0.15, -0.1) is 0 Å². The molecule has 2 N–H and O–H groups in total. The maximum absolute atomic E-state index is 9.62. The fraction of sp³-hybridized carbons (Fsp3) is 0.500. The van der Waals surface area contributed by atoms with Crippen molar-refractivity contribution in [2.75, 3.05) is 5.32 Å². The number of nitrogens with zero attached hydrogens (tertiary/aromatic N) is 1. The van der Waals surface area contributed by atoms with E-state index >= 15 is 0 Å². The van der Waals surface area contributed by atoms with E-state index in [9.17, 15) is 5.11 Å². The third kappa shape index (κ3) is 2.25. The Balaban J connectivity index is 2.03. The highest BCUT2D eigenvalue weighted by Crippen LogP contribution is 2.22. The molecule has 1 heterocycles. The van der Waals surface area contributed by atoms with Crippen molar-refractivity contribution in [1.82, 2.24) is 4.98 Å². The predicted octanol–water partition coefficient (Wildman–Crippen LogP) is 2.17. The van der Waals surface area contributed by atoms with Crippen LogP contribution >= 0.6 is 15.9 Å². The topological polar surface area (TPSA) is 45.1 Å². The van der Waals surface area contributed by atoms with E-state index < -0.39 is 0 Å². The fourth-order valence-corrected chi connectivity index (χ4v) is 2.13. The van der Waals surface area contributed by atoms with Crippen LogP contribution in [0.1, 0.15) is 19.3 Å².